The molecule has 1 aliphatic heterocycles. The van der Waals surface area contributed by atoms with Crippen molar-refractivity contribution in [3.8, 4) is 0 Å². The van der Waals surface area contributed by atoms with Crippen LogP contribution in [0.2, 0.25) is 5.02 Å². The molecule has 1 atom stereocenters. The van der Waals surface area contributed by atoms with Crippen LogP contribution in [0.4, 0.5) is 13.2 Å². The number of rotatable bonds is 5. The number of hydrogen-bond acceptors (Lipinski definition) is 2. The highest BCUT2D eigenvalue weighted by Crippen LogP contribution is 2.39. The maximum atomic E-state index is 13.5. The molecule has 4 nitrogen and oxygen atoms in total. The van der Waals surface area contributed by atoms with Gasteiger partial charge in [-0.05, 0) is 41.0 Å². The summed E-state index contributed by atoms with van der Waals surface area (Å²) in [5.74, 6) is -1.01. The Balaban J connectivity index is 1.68. The van der Waals surface area contributed by atoms with Gasteiger partial charge in [-0.25, -0.2) is 0 Å². The molecule has 1 heterocycles. The highest BCUT2D eigenvalue weighted by molar-refractivity contribution is 6.31. The monoisotopic (exact) mass is 458 g/mol. The number of carbonyl (C=O) groups excluding carboxylic acids is 2. The zero-order valence-corrected chi connectivity index (χ0v) is 17.5. The predicted molar refractivity (Wildman–Crippen MR) is 114 cm³/mol. The first kappa shape index (κ1) is 21.9. The van der Waals surface area contributed by atoms with Crippen molar-refractivity contribution in [2.75, 3.05) is 0 Å². The Morgan fingerprint density at radius 3 is 2.41 bits per heavy atom. The van der Waals surface area contributed by atoms with Crippen molar-refractivity contribution in [3.63, 3.8) is 0 Å². The van der Waals surface area contributed by atoms with Gasteiger partial charge >= 0.3 is 6.18 Å². The SMILES string of the molecule is O=C(NCc1ccccc1)C1c2cc(Cl)ccc2C(=O)N1Cc1ccccc1C(F)(F)F. The molecule has 4 rings (SSSR count). The summed E-state index contributed by atoms with van der Waals surface area (Å²) in [4.78, 5) is 27.4. The second kappa shape index (κ2) is 8.67. The van der Waals surface area contributed by atoms with Gasteiger partial charge < -0.3 is 10.2 Å². The van der Waals surface area contributed by atoms with Crippen molar-refractivity contribution < 1.29 is 22.8 Å². The summed E-state index contributed by atoms with van der Waals surface area (Å²) in [6.07, 6.45) is -4.58. The van der Waals surface area contributed by atoms with Gasteiger partial charge in [0, 0.05) is 23.7 Å². The van der Waals surface area contributed by atoms with E-state index >= 15 is 0 Å². The molecular formula is C24H18ClF3N2O2. The fraction of sp³-hybridized carbons (Fsp3) is 0.167. The minimum absolute atomic E-state index is 0.0897. The molecule has 0 aromatic heterocycles. The molecule has 0 bridgehead atoms. The normalized spacial score (nSPS) is 15.6. The lowest BCUT2D eigenvalue weighted by molar-refractivity contribution is -0.138. The van der Waals surface area contributed by atoms with Crippen molar-refractivity contribution in [2.24, 2.45) is 0 Å². The topological polar surface area (TPSA) is 49.4 Å². The fourth-order valence-electron chi connectivity index (χ4n) is 3.84. The van der Waals surface area contributed by atoms with Gasteiger partial charge in [-0.2, -0.15) is 13.2 Å². The van der Waals surface area contributed by atoms with E-state index in [4.69, 9.17) is 11.6 Å². The number of nitrogens with zero attached hydrogens (tertiary/aromatic N) is 1. The lowest BCUT2D eigenvalue weighted by atomic mass is 10.0. The first-order valence-electron chi connectivity index (χ1n) is 9.83. The number of fused-ring (bicyclic) bond motifs is 1. The van der Waals surface area contributed by atoms with Crippen LogP contribution in [0.5, 0.6) is 0 Å². The van der Waals surface area contributed by atoms with E-state index in [9.17, 15) is 22.8 Å². The van der Waals surface area contributed by atoms with Crippen molar-refractivity contribution in [2.45, 2.75) is 25.3 Å². The van der Waals surface area contributed by atoms with Crippen LogP contribution in [-0.2, 0) is 24.1 Å². The van der Waals surface area contributed by atoms with Crippen LogP contribution in [-0.4, -0.2) is 16.7 Å². The van der Waals surface area contributed by atoms with Crippen LogP contribution in [0.25, 0.3) is 0 Å². The predicted octanol–water partition coefficient (Wildman–Crippen LogP) is 5.37. The second-order valence-electron chi connectivity index (χ2n) is 7.43. The van der Waals surface area contributed by atoms with Gasteiger partial charge in [-0.15, -0.1) is 0 Å². The summed E-state index contributed by atoms with van der Waals surface area (Å²) in [6, 6.07) is 17.6. The Morgan fingerprint density at radius 2 is 1.69 bits per heavy atom. The number of benzene rings is 3. The van der Waals surface area contributed by atoms with Crippen molar-refractivity contribution in [1.29, 1.82) is 0 Å². The van der Waals surface area contributed by atoms with Gasteiger partial charge in [0.1, 0.15) is 6.04 Å². The lowest BCUT2D eigenvalue weighted by Crippen LogP contribution is -2.38. The number of alkyl halides is 3. The Kier molecular flexibility index (Phi) is 5.93. The van der Waals surface area contributed by atoms with Crippen LogP contribution in [0.3, 0.4) is 0 Å². The highest BCUT2D eigenvalue weighted by Gasteiger charge is 2.42. The maximum absolute atomic E-state index is 13.5. The smallest absolute Gasteiger partial charge is 0.350 e. The molecule has 0 radical (unpaired) electrons. The number of amides is 2. The van der Waals surface area contributed by atoms with Crippen LogP contribution in [0.1, 0.15) is 38.7 Å². The minimum atomic E-state index is -4.58. The Hall–Kier alpha value is -3.32. The molecule has 0 saturated heterocycles. The second-order valence-corrected chi connectivity index (χ2v) is 7.86. The third-order valence-electron chi connectivity index (χ3n) is 5.33. The first-order chi connectivity index (χ1) is 15.3. The molecule has 3 aromatic carbocycles. The van der Waals surface area contributed by atoms with Gasteiger partial charge in [0.2, 0.25) is 5.91 Å². The van der Waals surface area contributed by atoms with E-state index in [0.29, 0.717) is 10.6 Å². The molecule has 0 fully saturated rings. The summed E-state index contributed by atoms with van der Waals surface area (Å²) in [5.41, 5.74) is 0.542. The zero-order valence-electron chi connectivity index (χ0n) is 16.7. The maximum Gasteiger partial charge on any atom is 0.416 e. The molecule has 3 aromatic rings. The molecule has 8 heteroatoms. The molecular weight excluding hydrogens is 441 g/mol. The molecule has 32 heavy (non-hydrogen) atoms. The van der Waals surface area contributed by atoms with Gasteiger partial charge in [0.05, 0.1) is 5.56 Å². The molecule has 0 spiro atoms. The number of hydrogen-bond donors (Lipinski definition) is 1. The van der Waals surface area contributed by atoms with Crippen molar-refractivity contribution in [3.05, 3.63) is 106 Å². The molecule has 1 unspecified atom stereocenters. The van der Waals surface area contributed by atoms with E-state index in [1.807, 2.05) is 30.3 Å². The number of halogens is 4. The van der Waals surface area contributed by atoms with Crippen LogP contribution < -0.4 is 5.32 Å². The molecule has 1 N–H and O–H groups in total. The average molecular weight is 459 g/mol. The van der Waals surface area contributed by atoms with E-state index in [1.165, 1.54) is 36.4 Å². The third-order valence-corrected chi connectivity index (χ3v) is 5.57. The largest absolute Gasteiger partial charge is 0.416 e. The molecule has 164 valence electrons. The Morgan fingerprint density at radius 1 is 1.00 bits per heavy atom. The van der Waals surface area contributed by atoms with Gasteiger partial charge in [0.25, 0.3) is 5.91 Å². The molecule has 2 amide bonds. The first-order valence-corrected chi connectivity index (χ1v) is 10.2. The quantitative estimate of drug-likeness (QED) is 0.558. The number of nitrogens with one attached hydrogen (secondary N) is 1. The van der Waals surface area contributed by atoms with Crippen LogP contribution >= 0.6 is 11.6 Å². The van der Waals surface area contributed by atoms with Gasteiger partial charge in [-0.3, -0.25) is 9.59 Å². The van der Waals surface area contributed by atoms with E-state index in [2.05, 4.69) is 5.32 Å². The third kappa shape index (κ3) is 4.34. The van der Waals surface area contributed by atoms with Crippen LogP contribution in [0.15, 0.2) is 72.8 Å². The van der Waals surface area contributed by atoms with Gasteiger partial charge in [-0.1, -0.05) is 60.1 Å². The minimum Gasteiger partial charge on any atom is -0.350 e. The van der Waals surface area contributed by atoms with E-state index in [-0.39, 0.29) is 24.2 Å². The number of carbonyl (C=O) groups is 2. The average Bonchev–Trinajstić information content (AvgIpc) is 3.03. The summed E-state index contributed by atoms with van der Waals surface area (Å²) in [5, 5.41) is 3.11. The van der Waals surface area contributed by atoms with E-state index in [1.54, 1.807) is 0 Å². The van der Waals surface area contributed by atoms with E-state index < -0.39 is 29.6 Å². The van der Waals surface area contributed by atoms with Gasteiger partial charge in [0.15, 0.2) is 0 Å². The van der Waals surface area contributed by atoms with Crippen molar-refractivity contribution >= 4 is 23.4 Å². The van der Waals surface area contributed by atoms with Crippen LogP contribution in [0, 0.1) is 0 Å². The van der Waals surface area contributed by atoms with Crippen molar-refractivity contribution in [1.82, 2.24) is 10.2 Å². The molecule has 1 aliphatic rings. The fourth-order valence-corrected chi connectivity index (χ4v) is 4.02. The Labute approximate surface area is 187 Å². The standard InChI is InChI=1S/C24H18ClF3N2O2/c25-17-10-11-18-19(12-17)21(22(31)29-13-15-6-2-1-3-7-15)30(23(18)32)14-16-8-4-5-9-20(16)24(26,27)28/h1-12,21H,13-14H2,(H,29,31). The van der Waals surface area contributed by atoms with E-state index in [0.717, 1.165) is 16.5 Å². The zero-order chi connectivity index (χ0) is 22.9. The summed E-state index contributed by atoms with van der Waals surface area (Å²) < 4.78 is 40.5. The lowest BCUT2D eigenvalue weighted by Gasteiger charge is -2.26. The Bertz CT molecular complexity index is 1170. The summed E-state index contributed by atoms with van der Waals surface area (Å²) >= 11 is 6.10. The highest BCUT2D eigenvalue weighted by atomic mass is 35.5. The summed E-state index contributed by atoms with van der Waals surface area (Å²) in [6.45, 7) is -0.155. The molecule has 0 aliphatic carbocycles. The summed E-state index contributed by atoms with van der Waals surface area (Å²) in [7, 11) is 0. The molecule has 0 saturated carbocycles.